The summed E-state index contributed by atoms with van der Waals surface area (Å²) >= 11 is 0. The summed E-state index contributed by atoms with van der Waals surface area (Å²) in [6.45, 7) is 2.52. The van der Waals surface area contributed by atoms with Gasteiger partial charge in [-0.05, 0) is 30.2 Å². The quantitative estimate of drug-likeness (QED) is 0.584. The number of carbonyl (C=O) groups is 1. The van der Waals surface area contributed by atoms with Gasteiger partial charge in [0.1, 0.15) is 0 Å². The fraction of sp³-hybridized carbons (Fsp3) is 0.200. The lowest BCUT2D eigenvalue weighted by Crippen LogP contribution is -2.27. The third kappa shape index (κ3) is 4.44. The van der Waals surface area contributed by atoms with Crippen molar-refractivity contribution in [2.24, 2.45) is 5.10 Å². The maximum atomic E-state index is 13.2. The lowest BCUT2D eigenvalue weighted by Gasteiger charge is -2.22. The number of benzene rings is 3. The Morgan fingerprint density at radius 2 is 1.55 bits per heavy atom. The van der Waals surface area contributed by atoms with Crippen LogP contribution >= 0.6 is 0 Å². The van der Waals surface area contributed by atoms with Crippen molar-refractivity contribution in [3.05, 3.63) is 108 Å². The molecule has 0 radical (unpaired) electrons. The van der Waals surface area contributed by atoms with Crippen LogP contribution in [0.2, 0.25) is 0 Å². The van der Waals surface area contributed by atoms with Gasteiger partial charge in [-0.2, -0.15) is 5.10 Å². The van der Waals surface area contributed by atoms with Crippen LogP contribution in [-0.2, 0) is 11.3 Å². The second kappa shape index (κ2) is 8.84. The van der Waals surface area contributed by atoms with E-state index in [1.54, 1.807) is 5.01 Å². The largest absolute Gasteiger partial charge is 0.368 e. The van der Waals surface area contributed by atoms with Gasteiger partial charge < -0.3 is 4.74 Å². The molecule has 4 nitrogen and oxygen atoms in total. The molecule has 0 bridgehead atoms. The van der Waals surface area contributed by atoms with Gasteiger partial charge >= 0.3 is 0 Å². The van der Waals surface area contributed by atoms with Crippen molar-refractivity contribution in [1.29, 1.82) is 0 Å². The summed E-state index contributed by atoms with van der Waals surface area (Å²) in [6.07, 6.45) is 0.494. The van der Waals surface area contributed by atoms with Gasteiger partial charge in [-0.25, -0.2) is 5.01 Å². The van der Waals surface area contributed by atoms with Crippen molar-refractivity contribution in [2.45, 2.75) is 32.1 Å². The van der Waals surface area contributed by atoms with Gasteiger partial charge in [0.2, 0.25) is 0 Å². The maximum absolute atomic E-state index is 13.2. The van der Waals surface area contributed by atoms with Crippen LogP contribution in [0.4, 0.5) is 0 Å². The summed E-state index contributed by atoms with van der Waals surface area (Å²) in [4.78, 5) is 13.2. The number of rotatable bonds is 6. The number of hydrogen-bond acceptors (Lipinski definition) is 3. The van der Waals surface area contributed by atoms with Crippen molar-refractivity contribution >= 4 is 11.6 Å². The van der Waals surface area contributed by atoms with Crippen LogP contribution < -0.4 is 0 Å². The molecule has 0 N–H and O–H groups in total. The fourth-order valence-corrected chi connectivity index (χ4v) is 3.51. The maximum Gasteiger partial charge on any atom is 0.274 e. The van der Waals surface area contributed by atoms with Crippen LogP contribution in [-0.4, -0.2) is 22.7 Å². The highest BCUT2D eigenvalue weighted by Gasteiger charge is 2.35. The molecule has 0 aromatic heterocycles. The van der Waals surface area contributed by atoms with Crippen molar-refractivity contribution < 1.29 is 9.53 Å². The van der Waals surface area contributed by atoms with E-state index in [9.17, 15) is 4.79 Å². The summed E-state index contributed by atoms with van der Waals surface area (Å²) in [5.74, 6) is -0.0929. The Bertz CT molecular complexity index is 971. The first kappa shape index (κ1) is 19.1. The SMILES string of the molecule is C[C@H](OCc1ccccc1)C1=NN(C(=O)c2ccccc2)C(c2ccccc2)C1. The first-order valence-electron chi connectivity index (χ1n) is 9.89. The lowest BCUT2D eigenvalue weighted by atomic mass is 9.99. The highest BCUT2D eigenvalue weighted by molar-refractivity contribution is 5.99. The van der Waals surface area contributed by atoms with E-state index in [4.69, 9.17) is 9.84 Å². The molecule has 4 rings (SSSR count). The normalized spacial score (nSPS) is 17.1. The molecule has 29 heavy (non-hydrogen) atoms. The average Bonchev–Trinajstić information content (AvgIpc) is 3.24. The zero-order chi connectivity index (χ0) is 20.1. The van der Waals surface area contributed by atoms with Crippen molar-refractivity contribution in [2.75, 3.05) is 0 Å². The Morgan fingerprint density at radius 1 is 0.966 bits per heavy atom. The van der Waals surface area contributed by atoms with Crippen LogP contribution in [0.5, 0.6) is 0 Å². The molecule has 0 spiro atoms. The minimum Gasteiger partial charge on any atom is -0.368 e. The second-order valence-electron chi connectivity index (χ2n) is 7.18. The van der Waals surface area contributed by atoms with Gasteiger partial charge in [-0.3, -0.25) is 4.79 Å². The first-order valence-corrected chi connectivity index (χ1v) is 9.89. The molecule has 0 aliphatic carbocycles. The molecular weight excluding hydrogens is 360 g/mol. The second-order valence-corrected chi connectivity index (χ2v) is 7.18. The van der Waals surface area contributed by atoms with E-state index >= 15 is 0 Å². The third-order valence-corrected chi connectivity index (χ3v) is 5.16. The molecule has 1 aliphatic heterocycles. The van der Waals surface area contributed by atoms with Gasteiger partial charge in [-0.15, -0.1) is 0 Å². The molecule has 0 saturated carbocycles. The van der Waals surface area contributed by atoms with E-state index in [-0.39, 0.29) is 18.1 Å². The molecule has 3 aromatic rings. The molecule has 146 valence electrons. The molecule has 0 fully saturated rings. The average molecular weight is 384 g/mol. The van der Waals surface area contributed by atoms with Crippen molar-refractivity contribution in [1.82, 2.24) is 5.01 Å². The smallest absolute Gasteiger partial charge is 0.274 e. The van der Waals surface area contributed by atoms with Gasteiger partial charge in [-0.1, -0.05) is 78.9 Å². The van der Waals surface area contributed by atoms with Gasteiger partial charge in [0.25, 0.3) is 5.91 Å². The number of hydrogen-bond donors (Lipinski definition) is 0. The number of nitrogens with zero attached hydrogens (tertiary/aromatic N) is 2. The standard InChI is InChI=1S/C25H24N2O2/c1-19(29-18-20-11-5-2-6-12-20)23-17-24(21-13-7-3-8-14-21)27(26-23)25(28)22-15-9-4-10-16-22/h2-16,19,24H,17-18H2,1H3/t19-,24?/m0/s1. The van der Waals surface area contributed by atoms with Crippen molar-refractivity contribution in [3.63, 3.8) is 0 Å². The molecule has 1 unspecified atom stereocenters. The number of amides is 1. The van der Waals surface area contributed by atoms with E-state index in [0.717, 1.165) is 16.8 Å². The minimum absolute atomic E-state index is 0.0929. The molecule has 1 aliphatic rings. The molecule has 3 aromatic carbocycles. The summed E-state index contributed by atoms with van der Waals surface area (Å²) in [7, 11) is 0. The topological polar surface area (TPSA) is 41.9 Å². The number of hydrazone groups is 1. The molecule has 1 amide bonds. The third-order valence-electron chi connectivity index (χ3n) is 5.16. The Hall–Kier alpha value is -3.24. The monoisotopic (exact) mass is 384 g/mol. The molecular formula is C25H24N2O2. The summed E-state index contributed by atoms with van der Waals surface area (Å²) in [6, 6.07) is 29.3. The molecule has 0 saturated heterocycles. The predicted molar refractivity (Wildman–Crippen MR) is 115 cm³/mol. The van der Waals surface area contributed by atoms with E-state index in [1.807, 2.05) is 97.9 Å². The van der Waals surface area contributed by atoms with Crippen LogP contribution in [0.3, 0.4) is 0 Å². The van der Waals surface area contributed by atoms with Crippen LogP contribution in [0.25, 0.3) is 0 Å². The Kier molecular flexibility index (Phi) is 5.82. The zero-order valence-electron chi connectivity index (χ0n) is 16.4. The molecule has 2 atom stereocenters. The molecule has 4 heteroatoms. The van der Waals surface area contributed by atoms with Gasteiger partial charge in [0, 0.05) is 12.0 Å². The summed E-state index contributed by atoms with van der Waals surface area (Å²) in [5, 5.41) is 6.32. The van der Waals surface area contributed by atoms with Crippen molar-refractivity contribution in [3.8, 4) is 0 Å². The van der Waals surface area contributed by atoms with E-state index in [2.05, 4.69) is 0 Å². The Balaban J connectivity index is 1.55. The minimum atomic E-state index is -0.171. The predicted octanol–water partition coefficient (Wildman–Crippen LogP) is 5.24. The zero-order valence-corrected chi connectivity index (χ0v) is 16.4. The lowest BCUT2D eigenvalue weighted by molar-refractivity contribution is 0.0710. The highest BCUT2D eigenvalue weighted by atomic mass is 16.5. The Labute approximate surface area is 171 Å². The van der Waals surface area contributed by atoms with Gasteiger partial charge in [0.15, 0.2) is 0 Å². The summed E-state index contributed by atoms with van der Waals surface area (Å²) < 4.78 is 6.06. The number of ether oxygens (including phenoxy) is 1. The van der Waals surface area contributed by atoms with E-state index < -0.39 is 0 Å². The van der Waals surface area contributed by atoms with E-state index in [0.29, 0.717) is 18.6 Å². The van der Waals surface area contributed by atoms with Crippen LogP contribution in [0, 0.1) is 0 Å². The molecule has 1 heterocycles. The summed E-state index contributed by atoms with van der Waals surface area (Å²) in [5.41, 5.74) is 3.72. The highest BCUT2D eigenvalue weighted by Crippen LogP contribution is 2.33. The Morgan fingerprint density at radius 3 is 2.21 bits per heavy atom. The van der Waals surface area contributed by atoms with Crippen LogP contribution in [0.1, 0.15) is 40.9 Å². The van der Waals surface area contributed by atoms with Crippen LogP contribution in [0.15, 0.2) is 96.1 Å². The van der Waals surface area contributed by atoms with E-state index in [1.165, 1.54) is 0 Å². The van der Waals surface area contributed by atoms with Gasteiger partial charge in [0.05, 0.1) is 24.5 Å². The fourth-order valence-electron chi connectivity index (χ4n) is 3.51. The number of carbonyl (C=O) groups excluding carboxylic acids is 1. The first-order chi connectivity index (χ1) is 14.2.